The van der Waals surface area contributed by atoms with Gasteiger partial charge in [-0.05, 0) is 18.6 Å². The average molecular weight is 359 g/mol. The maximum absolute atomic E-state index is 11.9. The molecule has 0 radical (unpaired) electrons. The Labute approximate surface area is 149 Å². The molecule has 0 saturated carbocycles. The zero-order chi connectivity index (χ0) is 18.1. The van der Waals surface area contributed by atoms with Crippen molar-refractivity contribution in [2.45, 2.75) is 6.92 Å². The lowest BCUT2D eigenvalue weighted by Gasteiger charge is -2.02. The van der Waals surface area contributed by atoms with Crippen molar-refractivity contribution in [3.05, 3.63) is 53.0 Å². The second-order valence-electron chi connectivity index (χ2n) is 4.61. The second-order valence-corrected chi connectivity index (χ2v) is 5.47. The minimum atomic E-state index is -0.642. The summed E-state index contributed by atoms with van der Waals surface area (Å²) in [6.45, 7) is 1.90. The maximum Gasteiger partial charge on any atom is 0.362 e. The second kappa shape index (κ2) is 9.33. The van der Waals surface area contributed by atoms with Crippen LogP contribution in [0.25, 0.3) is 6.08 Å². The fourth-order valence-electron chi connectivity index (χ4n) is 1.80. The van der Waals surface area contributed by atoms with Gasteiger partial charge in [-0.1, -0.05) is 35.5 Å². The Morgan fingerprint density at radius 3 is 2.76 bits per heavy atom. The molecule has 1 N–H and O–H groups in total. The molecule has 0 aliphatic heterocycles. The van der Waals surface area contributed by atoms with Crippen LogP contribution < -0.4 is 5.32 Å². The number of thiazole rings is 1. The number of carbonyl (C=O) groups excluding carboxylic acids is 2. The van der Waals surface area contributed by atoms with E-state index in [2.05, 4.69) is 20.3 Å². The summed E-state index contributed by atoms with van der Waals surface area (Å²) in [7, 11) is 1.32. The zero-order valence-corrected chi connectivity index (χ0v) is 14.6. The Morgan fingerprint density at radius 2 is 2.08 bits per heavy atom. The first-order chi connectivity index (χ1) is 12.1. The molecule has 0 atom stereocenters. The summed E-state index contributed by atoms with van der Waals surface area (Å²) >= 11 is 1.17. The van der Waals surface area contributed by atoms with Crippen LogP contribution in [0.3, 0.4) is 0 Å². The van der Waals surface area contributed by atoms with E-state index in [1.165, 1.54) is 24.5 Å². The van der Waals surface area contributed by atoms with Crippen molar-refractivity contribution >= 4 is 40.1 Å². The lowest BCUT2D eigenvalue weighted by atomic mass is 10.2. The summed E-state index contributed by atoms with van der Waals surface area (Å²) in [4.78, 5) is 32.6. The third-order valence-electron chi connectivity index (χ3n) is 2.86. The number of hydrogen-bond acceptors (Lipinski definition) is 7. The van der Waals surface area contributed by atoms with E-state index in [-0.39, 0.29) is 23.9 Å². The average Bonchev–Trinajstić information content (AvgIpc) is 3.07. The van der Waals surface area contributed by atoms with Gasteiger partial charge in [-0.25, -0.2) is 9.78 Å². The molecule has 0 saturated heterocycles. The number of benzene rings is 1. The van der Waals surface area contributed by atoms with E-state index in [1.807, 2.05) is 30.3 Å². The highest BCUT2D eigenvalue weighted by Crippen LogP contribution is 2.17. The van der Waals surface area contributed by atoms with Gasteiger partial charge in [-0.15, -0.1) is 11.3 Å². The summed E-state index contributed by atoms with van der Waals surface area (Å²) in [6, 6.07) is 9.45. The van der Waals surface area contributed by atoms with Crippen molar-refractivity contribution in [2.24, 2.45) is 5.16 Å². The van der Waals surface area contributed by atoms with Crippen LogP contribution >= 0.6 is 11.3 Å². The first kappa shape index (κ1) is 18.3. The molecule has 7 nitrogen and oxygen atoms in total. The molecule has 130 valence electrons. The Bertz CT molecular complexity index is 784. The highest BCUT2D eigenvalue weighted by molar-refractivity contribution is 7.14. The van der Waals surface area contributed by atoms with Crippen LogP contribution in [-0.2, 0) is 19.2 Å². The number of nitrogens with zero attached hydrogens (tertiary/aromatic N) is 2. The molecule has 1 heterocycles. The van der Waals surface area contributed by atoms with E-state index in [4.69, 9.17) is 4.74 Å². The van der Waals surface area contributed by atoms with Crippen LogP contribution in [0, 0.1) is 0 Å². The van der Waals surface area contributed by atoms with E-state index in [9.17, 15) is 9.59 Å². The van der Waals surface area contributed by atoms with Gasteiger partial charge in [0.2, 0.25) is 11.6 Å². The van der Waals surface area contributed by atoms with Crippen LogP contribution in [0.1, 0.15) is 18.2 Å². The van der Waals surface area contributed by atoms with E-state index in [1.54, 1.807) is 18.4 Å². The van der Waals surface area contributed by atoms with Crippen molar-refractivity contribution in [1.29, 1.82) is 0 Å². The molecule has 1 aromatic heterocycles. The van der Waals surface area contributed by atoms with Crippen LogP contribution in [0.15, 0.2) is 46.9 Å². The number of rotatable bonds is 7. The number of aromatic nitrogens is 1. The maximum atomic E-state index is 11.9. The Hall–Kier alpha value is -3.00. The van der Waals surface area contributed by atoms with E-state index >= 15 is 0 Å². The first-order valence-corrected chi connectivity index (χ1v) is 8.30. The van der Waals surface area contributed by atoms with Crippen molar-refractivity contribution in [3.63, 3.8) is 0 Å². The number of ether oxygens (including phenoxy) is 1. The fraction of sp³-hybridized carbons (Fsp3) is 0.176. The van der Waals surface area contributed by atoms with E-state index < -0.39 is 5.97 Å². The Balaban J connectivity index is 2.05. The number of oxime groups is 1. The van der Waals surface area contributed by atoms with Gasteiger partial charge in [0.05, 0.1) is 6.61 Å². The third-order valence-corrected chi connectivity index (χ3v) is 3.61. The summed E-state index contributed by atoms with van der Waals surface area (Å²) in [5.74, 6) is -0.970. The number of esters is 1. The number of amides is 1. The molecular weight excluding hydrogens is 342 g/mol. The summed E-state index contributed by atoms with van der Waals surface area (Å²) in [6.07, 6.45) is 3.10. The molecule has 1 amide bonds. The standard InChI is InChI=1S/C17H17N3O4S/c1-3-24-16(22)15(20-23-2)13-11-25-17(18-13)19-14(21)10-9-12-7-5-4-6-8-12/h4-11H,3H2,1-2H3,(H,18,19,21)/b10-9+,20-15+. The molecule has 2 rings (SSSR count). The number of anilines is 1. The zero-order valence-electron chi connectivity index (χ0n) is 13.8. The minimum absolute atomic E-state index is 0.0547. The van der Waals surface area contributed by atoms with Crippen molar-refractivity contribution in [2.75, 3.05) is 19.0 Å². The van der Waals surface area contributed by atoms with Crippen LogP contribution in [0.4, 0.5) is 5.13 Å². The minimum Gasteiger partial charge on any atom is -0.461 e. The topological polar surface area (TPSA) is 89.9 Å². The van der Waals surface area contributed by atoms with Gasteiger partial charge >= 0.3 is 5.97 Å². The molecule has 0 unspecified atom stereocenters. The Morgan fingerprint density at radius 1 is 1.32 bits per heavy atom. The van der Waals surface area contributed by atoms with Gasteiger partial charge in [-0.3, -0.25) is 10.1 Å². The third kappa shape index (κ3) is 5.54. The number of carbonyl (C=O) groups is 2. The predicted octanol–water partition coefficient (Wildman–Crippen LogP) is 2.71. The molecule has 25 heavy (non-hydrogen) atoms. The highest BCUT2D eigenvalue weighted by Gasteiger charge is 2.20. The molecule has 2 aromatic rings. The number of nitrogens with one attached hydrogen (secondary N) is 1. The van der Waals surface area contributed by atoms with Crippen LogP contribution in [-0.4, -0.2) is 36.3 Å². The first-order valence-electron chi connectivity index (χ1n) is 7.42. The highest BCUT2D eigenvalue weighted by atomic mass is 32.1. The van der Waals surface area contributed by atoms with Gasteiger partial charge in [-0.2, -0.15) is 0 Å². The predicted molar refractivity (Wildman–Crippen MR) is 96.4 cm³/mol. The van der Waals surface area contributed by atoms with Gasteiger partial charge in [0.1, 0.15) is 12.8 Å². The van der Waals surface area contributed by atoms with E-state index in [0.717, 1.165) is 5.56 Å². The lowest BCUT2D eigenvalue weighted by Crippen LogP contribution is -2.19. The molecule has 0 aliphatic carbocycles. The van der Waals surface area contributed by atoms with Crippen molar-refractivity contribution in [1.82, 2.24) is 4.98 Å². The largest absolute Gasteiger partial charge is 0.461 e. The smallest absolute Gasteiger partial charge is 0.362 e. The van der Waals surface area contributed by atoms with E-state index in [0.29, 0.717) is 5.13 Å². The summed E-state index contributed by atoms with van der Waals surface area (Å²) in [5, 5.41) is 8.20. The monoisotopic (exact) mass is 359 g/mol. The molecule has 0 spiro atoms. The molecule has 1 aromatic carbocycles. The molecule has 0 bridgehead atoms. The molecule has 0 fully saturated rings. The fourth-order valence-corrected chi connectivity index (χ4v) is 2.50. The number of hydrogen-bond donors (Lipinski definition) is 1. The summed E-state index contributed by atoms with van der Waals surface area (Å²) < 4.78 is 4.91. The molecular formula is C17H17N3O4S. The van der Waals surface area contributed by atoms with Gasteiger partial charge < -0.3 is 9.57 Å². The quantitative estimate of drug-likeness (QED) is 0.355. The van der Waals surface area contributed by atoms with Crippen molar-refractivity contribution in [3.8, 4) is 0 Å². The Kier molecular flexibility index (Phi) is 6.85. The van der Waals surface area contributed by atoms with Crippen LogP contribution in [0.2, 0.25) is 0 Å². The van der Waals surface area contributed by atoms with Gasteiger partial charge in [0.15, 0.2) is 5.13 Å². The van der Waals surface area contributed by atoms with Crippen molar-refractivity contribution < 1.29 is 19.2 Å². The normalized spacial score (nSPS) is 11.4. The lowest BCUT2D eigenvalue weighted by molar-refractivity contribution is -0.135. The molecule has 8 heteroatoms. The van der Waals surface area contributed by atoms with Crippen LogP contribution in [0.5, 0.6) is 0 Å². The molecule has 0 aliphatic rings. The van der Waals surface area contributed by atoms with Gasteiger partial charge in [0, 0.05) is 11.5 Å². The SMILES string of the molecule is CCOC(=O)/C(=N/OC)c1csc(NC(=O)/C=C/c2ccccc2)n1. The van der Waals surface area contributed by atoms with Gasteiger partial charge in [0.25, 0.3) is 0 Å². The summed E-state index contributed by atoms with van der Waals surface area (Å²) in [5.41, 5.74) is 1.13.